The Hall–Kier alpha value is -0.450. The molecule has 0 amide bonds. The average molecular weight is 190 g/mol. The summed E-state index contributed by atoms with van der Waals surface area (Å²) in [5.74, 6) is -0.719. The Morgan fingerprint density at radius 3 is 2.38 bits per heavy atom. The first-order chi connectivity index (χ1) is 6.13. The van der Waals surface area contributed by atoms with Crippen LogP contribution in [0.5, 0.6) is 0 Å². The van der Waals surface area contributed by atoms with Crippen LogP contribution in [0, 0.1) is 0 Å². The zero-order chi connectivity index (χ0) is 10.3. The smallest absolute Gasteiger partial charge is 0.189 e. The lowest BCUT2D eigenvalue weighted by molar-refractivity contribution is -0.135. The first-order valence-electron chi connectivity index (χ1n) is 4.63. The monoisotopic (exact) mass is 190 g/mol. The summed E-state index contributed by atoms with van der Waals surface area (Å²) in [6.45, 7) is 1.31. The number of hydrogen-bond acceptors (Lipinski definition) is 4. The van der Waals surface area contributed by atoms with Gasteiger partial charge < -0.3 is 15.3 Å². The summed E-state index contributed by atoms with van der Waals surface area (Å²) in [4.78, 5) is 10.7. The van der Waals surface area contributed by atoms with Gasteiger partial charge in [-0.1, -0.05) is 26.2 Å². The van der Waals surface area contributed by atoms with Crippen molar-refractivity contribution in [3.8, 4) is 0 Å². The molecule has 0 aliphatic heterocycles. The van der Waals surface area contributed by atoms with Gasteiger partial charge in [-0.25, -0.2) is 0 Å². The molecule has 0 aromatic carbocycles. The molecule has 13 heavy (non-hydrogen) atoms. The second-order valence-corrected chi connectivity index (χ2v) is 3.13. The Bertz CT molecular complexity index is 147. The summed E-state index contributed by atoms with van der Waals surface area (Å²) >= 11 is 0. The number of unbranched alkanes of at least 4 members (excludes halogenated alkanes) is 2. The third-order valence-corrected chi connectivity index (χ3v) is 1.95. The maximum absolute atomic E-state index is 10.7. The SMILES string of the molecule is CCCCCC(O)C(O)C(=O)CO. The van der Waals surface area contributed by atoms with Crippen molar-refractivity contribution in [2.24, 2.45) is 0 Å². The van der Waals surface area contributed by atoms with Crippen LogP contribution >= 0.6 is 0 Å². The van der Waals surface area contributed by atoms with Gasteiger partial charge in [-0.2, -0.15) is 0 Å². The molecule has 2 unspecified atom stereocenters. The van der Waals surface area contributed by atoms with Crippen LogP contribution in [-0.4, -0.2) is 39.9 Å². The predicted molar refractivity (Wildman–Crippen MR) is 48.2 cm³/mol. The summed E-state index contributed by atoms with van der Waals surface area (Å²) in [5, 5.41) is 26.8. The van der Waals surface area contributed by atoms with E-state index in [0.717, 1.165) is 19.3 Å². The fraction of sp³-hybridized carbons (Fsp3) is 0.889. The third-order valence-electron chi connectivity index (χ3n) is 1.95. The molecule has 0 bridgehead atoms. The van der Waals surface area contributed by atoms with E-state index in [0.29, 0.717) is 6.42 Å². The number of rotatable bonds is 7. The topological polar surface area (TPSA) is 77.8 Å². The molecule has 78 valence electrons. The van der Waals surface area contributed by atoms with E-state index in [4.69, 9.17) is 10.2 Å². The number of carbonyl (C=O) groups is 1. The maximum atomic E-state index is 10.7. The largest absolute Gasteiger partial charge is 0.390 e. The number of Topliss-reactive ketones (excluding diaryl/α,β-unsaturated/α-hetero) is 1. The van der Waals surface area contributed by atoms with E-state index in [2.05, 4.69) is 0 Å². The van der Waals surface area contributed by atoms with Crippen molar-refractivity contribution < 1.29 is 20.1 Å². The van der Waals surface area contributed by atoms with Crippen LogP contribution in [0.2, 0.25) is 0 Å². The summed E-state index contributed by atoms with van der Waals surface area (Å²) in [5.41, 5.74) is 0. The van der Waals surface area contributed by atoms with Crippen LogP contribution in [0.3, 0.4) is 0 Å². The van der Waals surface area contributed by atoms with Crippen molar-refractivity contribution in [2.75, 3.05) is 6.61 Å². The first-order valence-corrected chi connectivity index (χ1v) is 4.63. The molecule has 0 radical (unpaired) electrons. The lowest BCUT2D eigenvalue weighted by Crippen LogP contribution is -2.35. The minimum atomic E-state index is -1.43. The summed E-state index contributed by atoms with van der Waals surface area (Å²) in [6.07, 6.45) is 0.718. The molecule has 0 aromatic rings. The van der Waals surface area contributed by atoms with Gasteiger partial charge in [0.15, 0.2) is 5.78 Å². The van der Waals surface area contributed by atoms with Gasteiger partial charge in [0.2, 0.25) is 0 Å². The van der Waals surface area contributed by atoms with E-state index in [1.807, 2.05) is 6.92 Å². The highest BCUT2D eigenvalue weighted by molar-refractivity contribution is 5.84. The molecule has 0 rings (SSSR count). The van der Waals surface area contributed by atoms with Crippen molar-refractivity contribution in [3.05, 3.63) is 0 Å². The summed E-state index contributed by atoms with van der Waals surface area (Å²) in [6, 6.07) is 0. The van der Waals surface area contributed by atoms with Gasteiger partial charge in [0.05, 0.1) is 6.10 Å². The number of ketones is 1. The minimum absolute atomic E-state index is 0.404. The fourth-order valence-electron chi connectivity index (χ4n) is 1.07. The van der Waals surface area contributed by atoms with Crippen molar-refractivity contribution in [1.29, 1.82) is 0 Å². The Balaban J connectivity index is 3.68. The van der Waals surface area contributed by atoms with Gasteiger partial charge in [-0.15, -0.1) is 0 Å². The summed E-state index contributed by atoms with van der Waals surface area (Å²) < 4.78 is 0. The zero-order valence-electron chi connectivity index (χ0n) is 7.94. The van der Waals surface area contributed by atoms with Crippen molar-refractivity contribution in [3.63, 3.8) is 0 Å². The molecule has 0 saturated carbocycles. The molecule has 2 atom stereocenters. The molecule has 0 heterocycles. The van der Waals surface area contributed by atoms with Crippen LogP contribution in [0.25, 0.3) is 0 Å². The van der Waals surface area contributed by atoms with Gasteiger partial charge in [-0.05, 0) is 6.42 Å². The highest BCUT2D eigenvalue weighted by Gasteiger charge is 2.22. The Morgan fingerprint density at radius 2 is 1.92 bits per heavy atom. The zero-order valence-corrected chi connectivity index (χ0v) is 7.94. The lowest BCUT2D eigenvalue weighted by atomic mass is 10.0. The van der Waals surface area contributed by atoms with E-state index in [-0.39, 0.29) is 0 Å². The molecule has 0 aliphatic rings. The van der Waals surface area contributed by atoms with Crippen LogP contribution < -0.4 is 0 Å². The Labute approximate surface area is 78.2 Å². The molecule has 0 saturated heterocycles. The Morgan fingerprint density at radius 1 is 1.31 bits per heavy atom. The van der Waals surface area contributed by atoms with E-state index in [1.165, 1.54) is 0 Å². The number of aliphatic hydroxyl groups is 3. The molecular formula is C9H18O4. The highest BCUT2D eigenvalue weighted by atomic mass is 16.3. The number of hydrogen-bond donors (Lipinski definition) is 3. The predicted octanol–water partition coefficient (Wildman–Crippen LogP) is -0.150. The normalized spacial score (nSPS) is 15.4. The van der Waals surface area contributed by atoms with Crippen LogP contribution in [0.15, 0.2) is 0 Å². The van der Waals surface area contributed by atoms with Gasteiger partial charge in [-0.3, -0.25) is 4.79 Å². The number of carbonyl (C=O) groups excluding carboxylic acids is 1. The quantitative estimate of drug-likeness (QED) is 0.488. The first kappa shape index (κ1) is 12.6. The highest BCUT2D eigenvalue weighted by Crippen LogP contribution is 2.07. The summed E-state index contributed by atoms with van der Waals surface area (Å²) in [7, 11) is 0. The molecule has 0 aromatic heterocycles. The second kappa shape index (κ2) is 7.00. The maximum Gasteiger partial charge on any atom is 0.189 e. The van der Waals surface area contributed by atoms with Gasteiger partial charge in [0.1, 0.15) is 12.7 Å². The standard InChI is InChI=1S/C9H18O4/c1-2-3-4-5-7(11)9(13)8(12)6-10/h7,9-11,13H,2-6H2,1H3. The second-order valence-electron chi connectivity index (χ2n) is 3.13. The fourth-order valence-corrected chi connectivity index (χ4v) is 1.07. The molecule has 4 nitrogen and oxygen atoms in total. The molecule has 3 N–H and O–H groups in total. The van der Waals surface area contributed by atoms with E-state index < -0.39 is 24.6 Å². The van der Waals surface area contributed by atoms with Gasteiger partial charge in [0.25, 0.3) is 0 Å². The lowest BCUT2D eigenvalue weighted by Gasteiger charge is -2.15. The van der Waals surface area contributed by atoms with Crippen molar-refractivity contribution in [1.82, 2.24) is 0 Å². The van der Waals surface area contributed by atoms with Crippen molar-refractivity contribution in [2.45, 2.75) is 44.8 Å². The molecule has 0 aliphatic carbocycles. The average Bonchev–Trinajstić information content (AvgIpc) is 2.15. The Kier molecular flexibility index (Phi) is 6.76. The van der Waals surface area contributed by atoms with Gasteiger partial charge >= 0.3 is 0 Å². The van der Waals surface area contributed by atoms with E-state index in [9.17, 15) is 9.90 Å². The van der Waals surface area contributed by atoms with E-state index in [1.54, 1.807) is 0 Å². The van der Waals surface area contributed by atoms with Crippen LogP contribution in [0.4, 0.5) is 0 Å². The molecule has 0 fully saturated rings. The molecular weight excluding hydrogens is 172 g/mol. The van der Waals surface area contributed by atoms with Crippen molar-refractivity contribution >= 4 is 5.78 Å². The molecule has 4 heteroatoms. The van der Waals surface area contributed by atoms with E-state index >= 15 is 0 Å². The number of aliphatic hydroxyl groups excluding tert-OH is 3. The van der Waals surface area contributed by atoms with Crippen LogP contribution in [0.1, 0.15) is 32.6 Å². The third kappa shape index (κ3) is 4.98. The minimum Gasteiger partial charge on any atom is -0.390 e. The van der Waals surface area contributed by atoms with Gasteiger partial charge in [0, 0.05) is 0 Å². The van der Waals surface area contributed by atoms with Crippen LogP contribution in [-0.2, 0) is 4.79 Å². The molecule has 0 spiro atoms.